The highest BCUT2D eigenvalue weighted by Crippen LogP contribution is 2.12. The third-order valence-electron chi connectivity index (χ3n) is 9.74. The normalized spacial score (nSPS) is 13.9. The molecular weight excluding hydrogens is 813 g/mol. The molecule has 6 atom stereocenters. The lowest BCUT2D eigenvalue weighted by atomic mass is 10.0. The third kappa shape index (κ3) is 18.5. The zero-order chi connectivity index (χ0) is 45.4. The molecular formula is C45H62N8O8S. The second-order valence-corrected chi connectivity index (χ2v) is 16.4. The van der Waals surface area contributed by atoms with E-state index in [1.807, 2.05) is 26.2 Å². The fourth-order valence-corrected chi connectivity index (χ4v) is 6.82. The van der Waals surface area contributed by atoms with Crippen LogP contribution in [0.1, 0.15) is 62.6 Å². The molecule has 0 spiro atoms. The summed E-state index contributed by atoms with van der Waals surface area (Å²) in [6, 6.07) is 19.5. The summed E-state index contributed by atoms with van der Waals surface area (Å²) in [7, 11) is 0. The molecule has 0 aliphatic carbocycles. The molecule has 3 aromatic carbocycles. The fraction of sp³-hybridized carbons (Fsp3) is 0.444. The van der Waals surface area contributed by atoms with E-state index in [1.165, 1.54) is 11.8 Å². The van der Waals surface area contributed by atoms with E-state index >= 15 is 0 Å². The second-order valence-electron chi connectivity index (χ2n) is 15.4. The lowest BCUT2D eigenvalue weighted by Crippen LogP contribution is -2.60. The van der Waals surface area contributed by atoms with Crippen molar-refractivity contribution < 1.29 is 38.3 Å². The van der Waals surface area contributed by atoms with Gasteiger partial charge in [0, 0.05) is 12.8 Å². The minimum Gasteiger partial charge on any atom is -0.461 e. The van der Waals surface area contributed by atoms with Gasteiger partial charge in [0.25, 0.3) is 0 Å². The molecule has 17 heteroatoms. The van der Waals surface area contributed by atoms with Crippen molar-refractivity contribution in [2.75, 3.05) is 18.6 Å². The molecule has 62 heavy (non-hydrogen) atoms. The van der Waals surface area contributed by atoms with Crippen LogP contribution in [0.15, 0.2) is 91.0 Å². The first-order valence-electron chi connectivity index (χ1n) is 20.7. The topological polar surface area (TPSA) is 267 Å². The molecule has 6 amide bonds. The standard InChI is InChI=1S/C45H62N8O8S/c1-29(2)24-35(42(57)49-34(40(48)55)21-23-62-3)51-45(60)38(27-39(54)61-28-32-18-11-6-12-19-32)53-44(59)37(26-31-16-9-5-10-17-31)52-43(58)36(25-30-14-7-4-8-15-30)50-41(56)33(47)20-13-22-46/h4-12,14-19,29,33-38H,13,20-28,46-47H2,1-3H3,(H2,48,55)(H,49,57)(H,50,56)(H,51,60)(H,52,58)(H,53,59)/t33-,34-,35-,36-,37-,38-/m0/s1. The number of hydrogen-bond donors (Lipinski definition) is 8. The van der Waals surface area contributed by atoms with Crippen molar-refractivity contribution in [3.63, 3.8) is 0 Å². The highest BCUT2D eigenvalue weighted by atomic mass is 32.2. The van der Waals surface area contributed by atoms with E-state index in [0.29, 0.717) is 36.3 Å². The molecule has 336 valence electrons. The smallest absolute Gasteiger partial charge is 0.308 e. The summed E-state index contributed by atoms with van der Waals surface area (Å²) >= 11 is 1.47. The average Bonchev–Trinajstić information content (AvgIpc) is 3.25. The molecule has 3 aromatic rings. The van der Waals surface area contributed by atoms with Crippen LogP contribution in [0.5, 0.6) is 0 Å². The molecule has 0 aliphatic rings. The largest absolute Gasteiger partial charge is 0.461 e. The van der Waals surface area contributed by atoms with Gasteiger partial charge in [-0.1, -0.05) is 105 Å². The van der Waals surface area contributed by atoms with Crippen molar-refractivity contribution in [3.05, 3.63) is 108 Å². The van der Waals surface area contributed by atoms with Crippen LogP contribution in [-0.4, -0.2) is 96.2 Å². The Morgan fingerprint density at radius 3 is 1.52 bits per heavy atom. The van der Waals surface area contributed by atoms with Gasteiger partial charge in [-0.2, -0.15) is 11.8 Å². The molecule has 0 saturated carbocycles. The number of carbonyl (C=O) groups is 7. The number of primary amides is 1. The predicted octanol–water partition coefficient (Wildman–Crippen LogP) is 1.38. The summed E-state index contributed by atoms with van der Waals surface area (Å²) in [6.45, 7) is 3.89. The summed E-state index contributed by atoms with van der Waals surface area (Å²) < 4.78 is 5.48. The number of ether oxygens (including phenoxy) is 1. The molecule has 16 nitrogen and oxygen atoms in total. The van der Waals surface area contributed by atoms with Crippen LogP contribution in [0.3, 0.4) is 0 Å². The van der Waals surface area contributed by atoms with Crippen LogP contribution in [0.25, 0.3) is 0 Å². The quantitative estimate of drug-likeness (QED) is 0.0507. The van der Waals surface area contributed by atoms with Crippen molar-refractivity contribution in [1.82, 2.24) is 26.6 Å². The number of carbonyl (C=O) groups excluding carboxylic acids is 7. The molecule has 0 bridgehead atoms. The number of thioether (sulfide) groups is 1. The number of amides is 6. The highest BCUT2D eigenvalue weighted by Gasteiger charge is 2.34. The number of nitrogens with two attached hydrogens (primary N) is 3. The first-order valence-corrected chi connectivity index (χ1v) is 22.1. The minimum absolute atomic E-state index is 0.0455. The lowest BCUT2D eigenvalue weighted by molar-refractivity contribution is -0.147. The first-order chi connectivity index (χ1) is 29.7. The zero-order valence-electron chi connectivity index (χ0n) is 35.7. The molecule has 11 N–H and O–H groups in total. The number of esters is 1. The summed E-state index contributed by atoms with van der Waals surface area (Å²) in [5.74, 6) is -4.81. The summed E-state index contributed by atoms with van der Waals surface area (Å²) in [4.78, 5) is 95.1. The van der Waals surface area contributed by atoms with Gasteiger partial charge >= 0.3 is 5.97 Å². The number of hydrogen-bond acceptors (Lipinski definition) is 11. The Hall–Kier alpha value is -5.78. The van der Waals surface area contributed by atoms with Crippen LogP contribution >= 0.6 is 11.8 Å². The molecule has 0 aromatic heterocycles. The number of nitrogens with one attached hydrogen (secondary N) is 5. The Kier molecular flexibility index (Phi) is 22.2. The first kappa shape index (κ1) is 50.6. The maximum Gasteiger partial charge on any atom is 0.308 e. The van der Waals surface area contributed by atoms with Gasteiger partial charge in [0.15, 0.2) is 0 Å². The minimum atomic E-state index is -1.59. The monoisotopic (exact) mass is 874 g/mol. The Balaban J connectivity index is 1.96. The average molecular weight is 875 g/mol. The van der Waals surface area contributed by atoms with Gasteiger partial charge in [-0.05, 0) is 66.8 Å². The molecule has 0 heterocycles. The van der Waals surface area contributed by atoms with Crippen molar-refractivity contribution >= 4 is 53.2 Å². The van der Waals surface area contributed by atoms with Gasteiger partial charge in [0.05, 0.1) is 12.5 Å². The lowest BCUT2D eigenvalue weighted by Gasteiger charge is -2.27. The molecule has 3 rings (SSSR count). The third-order valence-corrected chi connectivity index (χ3v) is 10.4. The Labute approximate surface area is 368 Å². The molecule has 0 aliphatic heterocycles. The van der Waals surface area contributed by atoms with Gasteiger partial charge in [0.2, 0.25) is 35.4 Å². The van der Waals surface area contributed by atoms with Gasteiger partial charge in [0.1, 0.15) is 36.8 Å². The van der Waals surface area contributed by atoms with E-state index in [0.717, 1.165) is 5.56 Å². The van der Waals surface area contributed by atoms with E-state index < -0.39 is 84.1 Å². The van der Waals surface area contributed by atoms with Crippen LogP contribution in [-0.2, 0) is 57.7 Å². The van der Waals surface area contributed by atoms with E-state index in [1.54, 1.807) is 84.9 Å². The highest BCUT2D eigenvalue weighted by molar-refractivity contribution is 7.98. The van der Waals surface area contributed by atoms with Crippen LogP contribution in [0.2, 0.25) is 0 Å². The molecule has 0 fully saturated rings. The van der Waals surface area contributed by atoms with Gasteiger partial charge in [-0.15, -0.1) is 0 Å². The van der Waals surface area contributed by atoms with Gasteiger partial charge in [-0.25, -0.2) is 0 Å². The Bertz CT molecular complexity index is 1890. The van der Waals surface area contributed by atoms with Gasteiger partial charge < -0.3 is 48.5 Å². The van der Waals surface area contributed by atoms with Crippen molar-refractivity contribution in [2.45, 2.75) is 102 Å². The second kappa shape index (κ2) is 27.2. The molecule has 0 saturated heterocycles. The van der Waals surface area contributed by atoms with E-state index in [2.05, 4.69) is 26.6 Å². The Morgan fingerprint density at radius 2 is 1.03 bits per heavy atom. The molecule has 0 radical (unpaired) electrons. The van der Waals surface area contributed by atoms with Crippen molar-refractivity contribution in [2.24, 2.45) is 23.1 Å². The molecule has 0 unspecified atom stereocenters. The van der Waals surface area contributed by atoms with Gasteiger partial charge in [-0.3, -0.25) is 33.6 Å². The summed E-state index contributed by atoms with van der Waals surface area (Å²) in [5.41, 5.74) is 19.4. The predicted molar refractivity (Wildman–Crippen MR) is 239 cm³/mol. The van der Waals surface area contributed by atoms with Crippen molar-refractivity contribution in [1.29, 1.82) is 0 Å². The number of benzene rings is 3. The van der Waals surface area contributed by atoms with E-state index in [-0.39, 0.29) is 38.2 Å². The summed E-state index contributed by atoms with van der Waals surface area (Å²) in [5, 5.41) is 13.4. The maximum atomic E-state index is 14.4. The SMILES string of the molecule is CSCC[C@H](NC(=O)[C@H](CC(C)C)NC(=O)[C@H](CC(=O)OCc1ccccc1)NC(=O)[C@H](Cc1ccccc1)NC(=O)[C@H](Cc1ccccc1)NC(=O)[C@@H](N)CCCN)C(N)=O. The van der Waals surface area contributed by atoms with Crippen molar-refractivity contribution in [3.8, 4) is 0 Å². The number of rotatable bonds is 27. The fourth-order valence-electron chi connectivity index (χ4n) is 6.35. The van der Waals surface area contributed by atoms with E-state index in [9.17, 15) is 33.6 Å². The summed E-state index contributed by atoms with van der Waals surface area (Å²) in [6.07, 6.45) is 2.42. The van der Waals surface area contributed by atoms with Crippen LogP contribution < -0.4 is 43.8 Å². The maximum absolute atomic E-state index is 14.4. The van der Waals surface area contributed by atoms with E-state index in [4.69, 9.17) is 21.9 Å². The zero-order valence-corrected chi connectivity index (χ0v) is 36.5. The Morgan fingerprint density at radius 1 is 0.597 bits per heavy atom. The van der Waals surface area contributed by atoms with Crippen LogP contribution in [0.4, 0.5) is 0 Å². The van der Waals surface area contributed by atoms with Crippen LogP contribution in [0, 0.1) is 5.92 Å².